The number of hydrogen-bond acceptors (Lipinski definition) is 8. The van der Waals surface area contributed by atoms with Crippen LogP contribution in [0.15, 0.2) is 36.4 Å². The maximum atomic E-state index is 12.6. The summed E-state index contributed by atoms with van der Waals surface area (Å²) in [6, 6.07) is 8.42. The number of benzene rings is 2. The third-order valence-electron chi connectivity index (χ3n) is 4.99. The fourth-order valence-corrected chi connectivity index (χ4v) is 3.67. The highest BCUT2D eigenvalue weighted by Crippen LogP contribution is 2.32. The number of nitro groups is 2. The first kappa shape index (κ1) is 22.9. The van der Waals surface area contributed by atoms with Gasteiger partial charge in [-0.15, -0.1) is 0 Å². The summed E-state index contributed by atoms with van der Waals surface area (Å²) in [5.74, 6) is -0.560. The fourth-order valence-electron chi connectivity index (χ4n) is 3.46. The number of carbonyl (C=O) groups excluding carboxylic acids is 1. The van der Waals surface area contributed by atoms with Gasteiger partial charge in [0.05, 0.1) is 17.0 Å². The lowest BCUT2D eigenvalue weighted by Crippen LogP contribution is -2.34. The largest absolute Gasteiger partial charge is 0.490 e. The van der Waals surface area contributed by atoms with Gasteiger partial charge in [-0.1, -0.05) is 0 Å². The average Bonchev–Trinajstić information content (AvgIpc) is 2.79. The molecule has 168 valence electrons. The number of nitrogens with one attached hydrogen (secondary N) is 2. The second-order valence-electron chi connectivity index (χ2n) is 7.06. The molecule has 0 unspecified atom stereocenters. The molecule has 2 N–H and O–H groups in total. The van der Waals surface area contributed by atoms with E-state index in [2.05, 4.69) is 10.6 Å². The van der Waals surface area contributed by atoms with Crippen molar-refractivity contribution in [1.82, 2.24) is 5.32 Å². The Kier molecular flexibility index (Phi) is 7.15. The summed E-state index contributed by atoms with van der Waals surface area (Å²) in [5.41, 5.74) is 0.411. The van der Waals surface area contributed by atoms with Gasteiger partial charge in [-0.3, -0.25) is 30.3 Å². The molecule has 0 aromatic heterocycles. The highest BCUT2D eigenvalue weighted by atomic mass is 32.1. The van der Waals surface area contributed by atoms with Crippen molar-refractivity contribution in [3.05, 3.63) is 62.2 Å². The van der Waals surface area contributed by atoms with Crippen LogP contribution < -0.4 is 20.3 Å². The number of hydrogen-bond donors (Lipinski definition) is 2. The van der Waals surface area contributed by atoms with Gasteiger partial charge in [-0.05, 0) is 55.7 Å². The number of anilines is 2. The van der Waals surface area contributed by atoms with E-state index >= 15 is 0 Å². The Balaban J connectivity index is 1.73. The Morgan fingerprint density at radius 1 is 1.03 bits per heavy atom. The molecule has 1 heterocycles. The molecule has 1 aliphatic heterocycles. The molecule has 0 saturated carbocycles. The second kappa shape index (κ2) is 10.0. The predicted octanol–water partition coefficient (Wildman–Crippen LogP) is 3.63. The van der Waals surface area contributed by atoms with Crippen LogP contribution in [-0.2, 0) is 0 Å². The Morgan fingerprint density at radius 3 is 2.34 bits per heavy atom. The molecule has 32 heavy (non-hydrogen) atoms. The molecular formula is C20H21N5O6S. The maximum absolute atomic E-state index is 12.6. The van der Waals surface area contributed by atoms with E-state index in [0.29, 0.717) is 5.69 Å². The number of nitro benzene ring substituents is 2. The number of methoxy groups -OCH3 is 1. The number of amides is 1. The zero-order valence-corrected chi connectivity index (χ0v) is 18.0. The van der Waals surface area contributed by atoms with Crippen LogP contribution in [0.4, 0.5) is 22.7 Å². The Hall–Kier alpha value is -3.80. The van der Waals surface area contributed by atoms with Gasteiger partial charge < -0.3 is 15.0 Å². The number of carbonyl (C=O) groups is 1. The Labute approximate surface area is 188 Å². The molecule has 0 radical (unpaired) electrons. The number of thiocarbonyl (C=S) groups is 1. The highest BCUT2D eigenvalue weighted by molar-refractivity contribution is 7.80. The molecule has 12 heteroatoms. The van der Waals surface area contributed by atoms with Crippen LogP contribution in [0.1, 0.15) is 29.6 Å². The molecule has 0 aliphatic carbocycles. The van der Waals surface area contributed by atoms with Gasteiger partial charge in [0.2, 0.25) is 0 Å². The summed E-state index contributed by atoms with van der Waals surface area (Å²) in [7, 11) is 1.32. The minimum atomic E-state index is -0.640. The molecular weight excluding hydrogens is 438 g/mol. The van der Waals surface area contributed by atoms with Gasteiger partial charge >= 0.3 is 5.69 Å². The van der Waals surface area contributed by atoms with E-state index in [9.17, 15) is 25.0 Å². The van der Waals surface area contributed by atoms with E-state index in [0.717, 1.165) is 32.4 Å². The zero-order valence-electron chi connectivity index (χ0n) is 17.2. The summed E-state index contributed by atoms with van der Waals surface area (Å²) < 4.78 is 4.94. The van der Waals surface area contributed by atoms with E-state index in [4.69, 9.17) is 17.0 Å². The van der Waals surface area contributed by atoms with Crippen LogP contribution in [0, 0.1) is 20.2 Å². The van der Waals surface area contributed by atoms with Crippen molar-refractivity contribution in [3.8, 4) is 5.75 Å². The van der Waals surface area contributed by atoms with Crippen molar-refractivity contribution >= 4 is 46.0 Å². The maximum Gasteiger partial charge on any atom is 0.312 e. The summed E-state index contributed by atoms with van der Waals surface area (Å²) in [5, 5.41) is 27.7. The van der Waals surface area contributed by atoms with Crippen LogP contribution in [-0.4, -0.2) is 41.1 Å². The van der Waals surface area contributed by atoms with Gasteiger partial charge in [0.25, 0.3) is 11.6 Å². The molecule has 3 rings (SSSR count). The van der Waals surface area contributed by atoms with Crippen LogP contribution in [0.3, 0.4) is 0 Å². The first-order valence-electron chi connectivity index (χ1n) is 9.78. The minimum absolute atomic E-state index is 0.0716. The number of piperidine rings is 1. The van der Waals surface area contributed by atoms with Crippen molar-refractivity contribution < 1.29 is 19.4 Å². The zero-order chi connectivity index (χ0) is 23.3. The summed E-state index contributed by atoms with van der Waals surface area (Å²) in [6.07, 6.45) is 3.01. The van der Waals surface area contributed by atoms with Gasteiger partial charge in [-0.25, -0.2) is 0 Å². The lowest BCUT2D eigenvalue weighted by Gasteiger charge is -2.28. The van der Waals surface area contributed by atoms with Gasteiger partial charge in [0.15, 0.2) is 10.9 Å². The van der Waals surface area contributed by atoms with Gasteiger partial charge in [0.1, 0.15) is 5.69 Å². The number of nitrogens with zero attached hydrogens (tertiary/aromatic N) is 3. The second-order valence-corrected chi connectivity index (χ2v) is 7.47. The standard InChI is InChI=1S/C20H21N5O6S/c1-31-18-8-6-14(12-17(18)25(29)30)21-20(32)22-19(26)13-5-7-15(16(11-13)24(27)28)23-9-3-2-4-10-23/h5-8,11-12H,2-4,9-10H2,1H3,(H2,21,22,26,32). The number of ether oxygens (including phenoxy) is 1. The molecule has 2 aromatic carbocycles. The molecule has 2 aromatic rings. The molecule has 1 amide bonds. The Morgan fingerprint density at radius 2 is 1.72 bits per heavy atom. The predicted molar refractivity (Wildman–Crippen MR) is 122 cm³/mol. The molecule has 1 fully saturated rings. The van der Waals surface area contributed by atoms with Crippen molar-refractivity contribution in [2.75, 3.05) is 30.4 Å². The van der Waals surface area contributed by atoms with Crippen molar-refractivity contribution in [2.24, 2.45) is 0 Å². The minimum Gasteiger partial charge on any atom is -0.490 e. The van der Waals surface area contributed by atoms with Crippen molar-refractivity contribution in [2.45, 2.75) is 19.3 Å². The lowest BCUT2D eigenvalue weighted by molar-refractivity contribution is -0.385. The molecule has 0 atom stereocenters. The normalized spacial score (nSPS) is 13.2. The summed E-state index contributed by atoms with van der Waals surface area (Å²) >= 11 is 5.11. The molecule has 1 aliphatic rings. The third kappa shape index (κ3) is 5.27. The van der Waals surface area contributed by atoms with Crippen LogP contribution in [0.25, 0.3) is 0 Å². The quantitative estimate of drug-likeness (QED) is 0.376. The van der Waals surface area contributed by atoms with E-state index < -0.39 is 15.8 Å². The first-order chi connectivity index (χ1) is 15.3. The summed E-state index contributed by atoms with van der Waals surface area (Å²) in [4.78, 5) is 36.2. The highest BCUT2D eigenvalue weighted by Gasteiger charge is 2.23. The molecule has 1 saturated heterocycles. The van der Waals surface area contributed by atoms with Gasteiger partial charge in [-0.2, -0.15) is 0 Å². The van der Waals surface area contributed by atoms with E-state index in [1.54, 1.807) is 6.07 Å². The molecule has 0 spiro atoms. The van der Waals surface area contributed by atoms with Gasteiger partial charge in [0, 0.05) is 36.5 Å². The number of rotatable bonds is 6. The summed E-state index contributed by atoms with van der Waals surface area (Å²) in [6.45, 7) is 1.46. The SMILES string of the molecule is COc1ccc(NC(=S)NC(=O)c2ccc(N3CCCCC3)c([N+](=O)[O-])c2)cc1[N+](=O)[O-]. The monoisotopic (exact) mass is 459 g/mol. The fraction of sp³-hybridized carbons (Fsp3) is 0.300. The first-order valence-corrected chi connectivity index (χ1v) is 10.2. The van der Waals surface area contributed by atoms with Crippen LogP contribution >= 0.6 is 12.2 Å². The average molecular weight is 459 g/mol. The van der Waals surface area contributed by atoms with Crippen molar-refractivity contribution in [3.63, 3.8) is 0 Å². The molecule has 0 bridgehead atoms. The van der Waals surface area contributed by atoms with Crippen LogP contribution in [0.2, 0.25) is 0 Å². The lowest BCUT2D eigenvalue weighted by atomic mass is 10.1. The topological polar surface area (TPSA) is 140 Å². The third-order valence-corrected chi connectivity index (χ3v) is 5.20. The molecule has 11 nitrogen and oxygen atoms in total. The van der Waals surface area contributed by atoms with E-state index in [1.807, 2.05) is 4.90 Å². The van der Waals surface area contributed by atoms with E-state index in [-0.39, 0.29) is 33.5 Å². The smallest absolute Gasteiger partial charge is 0.312 e. The van der Waals surface area contributed by atoms with E-state index in [1.165, 1.54) is 37.4 Å². The van der Waals surface area contributed by atoms with Crippen molar-refractivity contribution in [1.29, 1.82) is 0 Å². The Bertz CT molecular complexity index is 1070. The van der Waals surface area contributed by atoms with Crippen LogP contribution in [0.5, 0.6) is 5.75 Å².